The van der Waals surface area contributed by atoms with E-state index in [9.17, 15) is 0 Å². The molecule has 2 aliphatic heterocycles. The molecule has 16 heavy (non-hydrogen) atoms. The van der Waals surface area contributed by atoms with Crippen LogP contribution in [-0.4, -0.2) is 36.5 Å². The first-order valence-corrected chi connectivity index (χ1v) is 8.09. The Morgan fingerprint density at radius 2 is 1.38 bits per heavy atom. The van der Waals surface area contributed by atoms with E-state index < -0.39 is 0 Å². The predicted molar refractivity (Wildman–Crippen MR) is 69.4 cm³/mol. The number of hydrogen-bond donors (Lipinski definition) is 0. The maximum atomic E-state index is 5.70. The van der Waals surface area contributed by atoms with Crippen molar-refractivity contribution in [2.24, 2.45) is 5.92 Å². The smallest absolute Gasteiger partial charge is 0.160 e. The average Bonchev–Trinajstić information content (AvgIpc) is 2.65. The molecule has 0 saturated carbocycles. The van der Waals surface area contributed by atoms with Crippen LogP contribution in [0.1, 0.15) is 40.5 Å². The van der Waals surface area contributed by atoms with Gasteiger partial charge in [-0.25, -0.2) is 0 Å². The van der Waals surface area contributed by atoms with Crippen LogP contribution in [0.2, 0.25) is 0 Å². The molecule has 2 aliphatic rings. The van der Waals surface area contributed by atoms with E-state index in [0.29, 0.717) is 16.2 Å². The second-order valence-corrected chi connectivity index (χ2v) is 10.0. The lowest BCUT2D eigenvalue weighted by Gasteiger charge is -2.52. The molecule has 0 N–H and O–H groups in total. The summed E-state index contributed by atoms with van der Waals surface area (Å²) < 4.78 is 11.4. The molecule has 0 aromatic carbocycles. The third-order valence-electron chi connectivity index (χ3n) is 4.37. The van der Waals surface area contributed by atoms with Crippen LogP contribution in [-0.2, 0) is 9.47 Å². The SMILES string of the molecule is CP1C(C)(C)CC(C2OCCO2)CC1(C)C. The Labute approximate surface area is 101 Å². The van der Waals surface area contributed by atoms with E-state index in [4.69, 9.17) is 9.47 Å². The van der Waals surface area contributed by atoms with Crippen LogP contribution < -0.4 is 0 Å². The van der Waals surface area contributed by atoms with Gasteiger partial charge in [0.25, 0.3) is 0 Å². The molecule has 0 aliphatic carbocycles. The van der Waals surface area contributed by atoms with E-state index >= 15 is 0 Å². The van der Waals surface area contributed by atoms with Gasteiger partial charge in [-0.05, 0) is 29.8 Å². The van der Waals surface area contributed by atoms with E-state index in [-0.39, 0.29) is 14.2 Å². The molecule has 0 atom stereocenters. The predicted octanol–water partition coefficient (Wildman–Crippen LogP) is 3.44. The zero-order valence-corrected chi connectivity index (χ0v) is 12.1. The molecule has 2 saturated heterocycles. The summed E-state index contributed by atoms with van der Waals surface area (Å²) in [5.74, 6) is 0.589. The number of rotatable bonds is 1. The van der Waals surface area contributed by atoms with Crippen molar-refractivity contribution in [2.75, 3.05) is 19.9 Å². The fourth-order valence-corrected chi connectivity index (χ4v) is 5.95. The van der Waals surface area contributed by atoms with Crippen molar-refractivity contribution in [3.63, 3.8) is 0 Å². The molecule has 0 unspecified atom stereocenters. The highest BCUT2D eigenvalue weighted by atomic mass is 31.1. The van der Waals surface area contributed by atoms with Gasteiger partial charge < -0.3 is 9.47 Å². The van der Waals surface area contributed by atoms with Crippen LogP contribution in [0.5, 0.6) is 0 Å². The Morgan fingerprint density at radius 1 is 0.938 bits per heavy atom. The van der Waals surface area contributed by atoms with E-state index in [2.05, 4.69) is 34.4 Å². The van der Waals surface area contributed by atoms with Crippen LogP contribution in [0.25, 0.3) is 0 Å². The molecular formula is C13H25O2P. The van der Waals surface area contributed by atoms with Gasteiger partial charge in [0.2, 0.25) is 0 Å². The fourth-order valence-electron chi connectivity index (χ4n) is 3.29. The molecule has 0 amide bonds. The van der Waals surface area contributed by atoms with Crippen LogP contribution in [0.15, 0.2) is 0 Å². The molecular weight excluding hydrogens is 219 g/mol. The zero-order chi connectivity index (χ0) is 12.0. The molecule has 0 radical (unpaired) electrons. The first kappa shape index (κ1) is 12.8. The maximum absolute atomic E-state index is 5.70. The zero-order valence-electron chi connectivity index (χ0n) is 11.2. The van der Waals surface area contributed by atoms with Gasteiger partial charge >= 0.3 is 0 Å². The average molecular weight is 244 g/mol. The van der Waals surface area contributed by atoms with Crippen molar-refractivity contribution in [3.8, 4) is 0 Å². The summed E-state index contributed by atoms with van der Waals surface area (Å²) in [6, 6.07) is 0. The van der Waals surface area contributed by atoms with Gasteiger partial charge in [-0.2, -0.15) is 0 Å². The minimum absolute atomic E-state index is 0.0697. The summed E-state index contributed by atoms with van der Waals surface area (Å²) in [7, 11) is 0.0697. The highest BCUT2D eigenvalue weighted by molar-refractivity contribution is 7.60. The Kier molecular flexibility index (Phi) is 3.38. The Morgan fingerprint density at radius 3 is 1.81 bits per heavy atom. The van der Waals surface area contributed by atoms with Crippen LogP contribution in [0, 0.1) is 5.92 Å². The minimum Gasteiger partial charge on any atom is -0.350 e. The summed E-state index contributed by atoms with van der Waals surface area (Å²) >= 11 is 0. The van der Waals surface area contributed by atoms with Crippen LogP contribution >= 0.6 is 7.92 Å². The largest absolute Gasteiger partial charge is 0.350 e. The summed E-state index contributed by atoms with van der Waals surface area (Å²) in [6.45, 7) is 13.7. The topological polar surface area (TPSA) is 18.5 Å². The summed E-state index contributed by atoms with van der Waals surface area (Å²) in [5.41, 5.74) is 0. The van der Waals surface area contributed by atoms with Gasteiger partial charge in [-0.3, -0.25) is 0 Å². The minimum atomic E-state index is 0.0697. The van der Waals surface area contributed by atoms with Crippen molar-refractivity contribution in [2.45, 2.75) is 57.1 Å². The van der Waals surface area contributed by atoms with Crippen LogP contribution in [0.4, 0.5) is 0 Å². The summed E-state index contributed by atoms with van der Waals surface area (Å²) in [6.07, 6.45) is 2.58. The normalized spacial score (nSPS) is 38.8. The van der Waals surface area contributed by atoms with Crippen molar-refractivity contribution in [1.29, 1.82) is 0 Å². The third-order valence-corrected chi connectivity index (χ3v) is 8.37. The molecule has 0 aromatic heterocycles. The van der Waals surface area contributed by atoms with Crippen molar-refractivity contribution in [3.05, 3.63) is 0 Å². The summed E-state index contributed by atoms with van der Waals surface area (Å²) in [4.78, 5) is 0. The quantitative estimate of drug-likeness (QED) is 0.658. The monoisotopic (exact) mass is 244 g/mol. The van der Waals surface area contributed by atoms with Gasteiger partial charge in [0.05, 0.1) is 13.2 Å². The fraction of sp³-hybridized carbons (Fsp3) is 1.00. The molecule has 2 rings (SSSR count). The lowest BCUT2D eigenvalue weighted by atomic mass is 9.86. The molecule has 0 spiro atoms. The van der Waals surface area contributed by atoms with Gasteiger partial charge in [0.15, 0.2) is 6.29 Å². The lowest BCUT2D eigenvalue weighted by molar-refractivity contribution is -0.0931. The molecule has 2 nitrogen and oxygen atoms in total. The number of hydrogen-bond acceptors (Lipinski definition) is 2. The van der Waals surface area contributed by atoms with Gasteiger partial charge in [0, 0.05) is 5.92 Å². The van der Waals surface area contributed by atoms with E-state index in [0.717, 1.165) is 13.2 Å². The van der Waals surface area contributed by atoms with Gasteiger partial charge in [-0.1, -0.05) is 35.6 Å². The highest BCUT2D eigenvalue weighted by Gasteiger charge is 2.47. The molecule has 2 fully saturated rings. The second kappa shape index (κ2) is 4.23. The van der Waals surface area contributed by atoms with E-state index in [1.165, 1.54) is 12.8 Å². The standard InChI is InChI=1S/C13H25O2P/c1-12(2)8-10(11-14-6-7-15-11)9-13(3,4)16(12)5/h10-11H,6-9H2,1-5H3. The van der Waals surface area contributed by atoms with Crippen molar-refractivity contribution in [1.82, 2.24) is 0 Å². The highest BCUT2D eigenvalue weighted by Crippen LogP contribution is 2.65. The van der Waals surface area contributed by atoms with Crippen molar-refractivity contribution < 1.29 is 9.47 Å². The first-order chi connectivity index (χ1) is 7.33. The van der Waals surface area contributed by atoms with Crippen molar-refractivity contribution >= 4 is 7.92 Å². The van der Waals surface area contributed by atoms with E-state index in [1.807, 2.05) is 0 Å². The first-order valence-electron chi connectivity index (χ1n) is 6.30. The summed E-state index contributed by atoms with van der Waals surface area (Å²) in [5, 5.41) is 0.911. The van der Waals surface area contributed by atoms with E-state index in [1.54, 1.807) is 0 Å². The van der Waals surface area contributed by atoms with Gasteiger partial charge in [-0.15, -0.1) is 0 Å². The molecule has 94 valence electrons. The molecule has 2 heterocycles. The lowest BCUT2D eigenvalue weighted by Crippen LogP contribution is -2.43. The molecule has 3 heteroatoms. The molecule has 0 aromatic rings. The second-order valence-electron chi connectivity index (χ2n) is 6.46. The number of ether oxygens (including phenoxy) is 2. The Hall–Kier alpha value is 0.350. The van der Waals surface area contributed by atoms with Crippen LogP contribution in [0.3, 0.4) is 0 Å². The third kappa shape index (κ3) is 2.30. The van der Waals surface area contributed by atoms with Gasteiger partial charge in [0.1, 0.15) is 0 Å². The maximum Gasteiger partial charge on any atom is 0.160 e. The Balaban J connectivity index is 2.12. The molecule has 0 bridgehead atoms. The Bertz CT molecular complexity index is 239.